The van der Waals surface area contributed by atoms with Crippen LogP contribution in [0.5, 0.6) is 0 Å². The van der Waals surface area contributed by atoms with E-state index in [4.69, 9.17) is 0 Å². The van der Waals surface area contributed by atoms with Gasteiger partial charge in [-0.1, -0.05) is 0 Å². The smallest absolute Gasteiger partial charge is 0.348 e. The molecule has 122 valence electrons. The molecule has 0 fully saturated rings. The molecule has 7 heteroatoms. The van der Waals surface area contributed by atoms with Crippen LogP contribution in [0, 0.1) is 11.6 Å². The van der Waals surface area contributed by atoms with Gasteiger partial charge in [-0.2, -0.15) is 0 Å². The molecule has 4 nitrogen and oxygen atoms in total. The molecule has 3 aromatic rings. The SMILES string of the molecule is COC(=O)c1cc2cc(NC(=O)c3ccc(F)c(F)c3)ccc2s1. The van der Waals surface area contributed by atoms with Crippen molar-refractivity contribution in [3.05, 3.63) is 64.5 Å². The lowest BCUT2D eigenvalue weighted by molar-refractivity contribution is 0.0606. The van der Waals surface area contributed by atoms with E-state index >= 15 is 0 Å². The van der Waals surface area contributed by atoms with Crippen molar-refractivity contribution in [1.29, 1.82) is 0 Å². The van der Waals surface area contributed by atoms with Gasteiger partial charge in [-0.05, 0) is 47.9 Å². The van der Waals surface area contributed by atoms with Crippen LogP contribution >= 0.6 is 11.3 Å². The van der Waals surface area contributed by atoms with E-state index in [1.807, 2.05) is 0 Å². The Morgan fingerprint density at radius 3 is 2.54 bits per heavy atom. The Bertz CT molecular complexity index is 952. The fraction of sp³-hybridized carbons (Fsp3) is 0.0588. The van der Waals surface area contributed by atoms with Gasteiger partial charge >= 0.3 is 5.97 Å². The molecule has 0 unspecified atom stereocenters. The van der Waals surface area contributed by atoms with Gasteiger partial charge < -0.3 is 10.1 Å². The third-order valence-electron chi connectivity index (χ3n) is 3.34. The number of hydrogen-bond acceptors (Lipinski definition) is 4. The minimum atomic E-state index is -1.08. The molecule has 0 aliphatic rings. The topological polar surface area (TPSA) is 55.4 Å². The number of esters is 1. The van der Waals surface area contributed by atoms with Crippen LogP contribution < -0.4 is 5.32 Å². The van der Waals surface area contributed by atoms with E-state index in [2.05, 4.69) is 10.1 Å². The number of anilines is 1. The summed E-state index contributed by atoms with van der Waals surface area (Å²) in [6, 6.07) is 9.71. The number of rotatable bonds is 3. The average Bonchev–Trinajstić information content (AvgIpc) is 2.99. The molecular weight excluding hydrogens is 336 g/mol. The van der Waals surface area contributed by atoms with Crippen molar-refractivity contribution >= 4 is 39.0 Å². The first kappa shape index (κ1) is 16.1. The summed E-state index contributed by atoms with van der Waals surface area (Å²) < 4.78 is 31.7. The summed E-state index contributed by atoms with van der Waals surface area (Å²) in [6.07, 6.45) is 0. The third kappa shape index (κ3) is 3.11. The standard InChI is InChI=1S/C17H11F2NO3S/c1-23-17(22)15-8-10-6-11(3-5-14(10)24-15)20-16(21)9-2-4-12(18)13(19)7-9/h2-8H,1H3,(H,20,21). The normalized spacial score (nSPS) is 10.6. The second kappa shape index (κ2) is 6.37. The van der Waals surface area contributed by atoms with Crippen molar-refractivity contribution in [2.75, 3.05) is 12.4 Å². The number of carbonyl (C=O) groups is 2. The minimum absolute atomic E-state index is 0.00886. The Labute approximate surface area is 139 Å². The zero-order valence-electron chi connectivity index (χ0n) is 12.4. The van der Waals surface area contributed by atoms with Gasteiger partial charge in [0.2, 0.25) is 0 Å². The van der Waals surface area contributed by atoms with Crippen LogP contribution in [0.15, 0.2) is 42.5 Å². The number of amides is 1. The van der Waals surface area contributed by atoms with Crippen LogP contribution in [0.1, 0.15) is 20.0 Å². The molecule has 1 N–H and O–H groups in total. The Morgan fingerprint density at radius 1 is 1.04 bits per heavy atom. The van der Waals surface area contributed by atoms with E-state index in [1.165, 1.54) is 24.5 Å². The summed E-state index contributed by atoms with van der Waals surface area (Å²) in [5, 5.41) is 3.38. The fourth-order valence-electron chi connectivity index (χ4n) is 2.16. The van der Waals surface area contributed by atoms with E-state index in [0.717, 1.165) is 22.2 Å². The molecule has 2 aromatic carbocycles. The number of fused-ring (bicyclic) bond motifs is 1. The maximum absolute atomic E-state index is 13.2. The number of carbonyl (C=O) groups excluding carboxylic acids is 2. The van der Waals surface area contributed by atoms with E-state index < -0.39 is 23.5 Å². The van der Waals surface area contributed by atoms with E-state index in [1.54, 1.807) is 24.3 Å². The first-order valence-electron chi connectivity index (χ1n) is 6.86. The quantitative estimate of drug-likeness (QED) is 0.722. The molecule has 0 radical (unpaired) electrons. The number of hydrogen-bond donors (Lipinski definition) is 1. The van der Waals surface area contributed by atoms with Gasteiger partial charge in [0, 0.05) is 16.0 Å². The van der Waals surface area contributed by atoms with E-state index in [9.17, 15) is 18.4 Å². The highest BCUT2D eigenvalue weighted by Crippen LogP contribution is 2.28. The molecular formula is C17H11F2NO3S. The zero-order valence-corrected chi connectivity index (χ0v) is 13.2. The van der Waals surface area contributed by atoms with E-state index in [-0.39, 0.29) is 5.56 Å². The molecule has 0 aliphatic carbocycles. The highest BCUT2D eigenvalue weighted by molar-refractivity contribution is 7.20. The first-order valence-corrected chi connectivity index (χ1v) is 7.68. The maximum atomic E-state index is 13.2. The van der Waals surface area contributed by atoms with Crippen molar-refractivity contribution in [3.63, 3.8) is 0 Å². The third-order valence-corrected chi connectivity index (χ3v) is 4.44. The highest BCUT2D eigenvalue weighted by atomic mass is 32.1. The van der Waals surface area contributed by atoms with Gasteiger partial charge in [-0.3, -0.25) is 4.79 Å². The monoisotopic (exact) mass is 347 g/mol. The Morgan fingerprint density at radius 2 is 1.83 bits per heavy atom. The van der Waals surface area contributed by atoms with Gasteiger partial charge in [0.15, 0.2) is 11.6 Å². The van der Waals surface area contributed by atoms with Crippen molar-refractivity contribution in [2.45, 2.75) is 0 Å². The number of benzene rings is 2. The molecule has 0 aliphatic heterocycles. The molecule has 0 atom stereocenters. The summed E-state index contributed by atoms with van der Waals surface area (Å²) in [5.74, 6) is -3.08. The molecule has 0 saturated carbocycles. The average molecular weight is 347 g/mol. The molecule has 1 aromatic heterocycles. The Hall–Kier alpha value is -2.80. The van der Waals surface area contributed by atoms with E-state index in [0.29, 0.717) is 10.6 Å². The molecule has 3 rings (SSSR count). The summed E-state index contributed by atoms with van der Waals surface area (Å²) in [4.78, 5) is 24.1. The lowest BCUT2D eigenvalue weighted by Gasteiger charge is -2.06. The first-order chi connectivity index (χ1) is 11.5. The van der Waals surface area contributed by atoms with Gasteiger partial charge in [0.05, 0.1) is 7.11 Å². The second-order valence-electron chi connectivity index (χ2n) is 4.94. The summed E-state index contributed by atoms with van der Waals surface area (Å²) in [7, 11) is 1.31. The second-order valence-corrected chi connectivity index (χ2v) is 6.02. The van der Waals surface area contributed by atoms with Gasteiger partial charge in [0.1, 0.15) is 4.88 Å². The number of halogens is 2. The van der Waals surface area contributed by atoms with Gasteiger partial charge in [-0.25, -0.2) is 13.6 Å². The molecule has 1 heterocycles. The molecule has 0 bridgehead atoms. The van der Waals surface area contributed by atoms with Gasteiger partial charge in [-0.15, -0.1) is 11.3 Å². The fourth-order valence-corrected chi connectivity index (χ4v) is 3.12. The lowest BCUT2D eigenvalue weighted by Crippen LogP contribution is -2.12. The number of methoxy groups -OCH3 is 1. The summed E-state index contributed by atoms with van der Waals surface area (Å²) >= 11 is 1.28. The molecule has 24 heavy (non-hydrogen) atoms. The summed E-state index contributed by atoms with van der Waals surface area (Å²) in [6.45, 7) is 0. The van der Waals surface area contributed by atoms with Crippen LogP contribution in [-0.4, -0.2) is 19.0 Å². The Balaban J connectivity index is 1.85. The predicted molar refractivity (Wildman–Crippen MR) is 87.5 cm³/mol. The van der Waals surface area contributed by atoms with Crippen molar-refractivity contribution in [1.82, 2.24) is 0 Å². The van der Waals surface area contributed by atoms with Gasteiger partial charge in [0.25, 0.3) is 5.91 Å². The zero-order chi connectivity index (χ0) is 17.3. The highest BCUT2D eigenvalue weighted by Gasteiger charge is 2.13. The van der Waals surface area contributed by atoms with Crippen LogP contribution in [0.4, 0.5) is 14.5 Å². The Kier molecular flexibility index (Phi) is 4.26. The molecule has 0 saturated heterocycles. The molecule has 0 spiro atoms. The van der Waals surface area contributed by atoms with Crippen LogP contribution in [0.25, 0.3) is 10.1 Å². The maximum Gasteiger partial charge on any atom is 0.348 e. The van der Waals surface area contributed by atoms with Crippen molar-refractivity contribution < 1.29 is 23.1 Å². The minimum Gasteiger partial charge on any atom is -0.465 e. The van der Waals surface area contributed by atoms with Crippen molar-refractivity contribution in [2.24, 2.45) is 0 Å². The number of thiophene rings is 1. The van der Waals surface area contributed by atoms with Crippen LogP contribution in [0.2, 0.25) is 0 Å². The lowest BCUT2D eigenvalue weighted by atomic mass is 10.2. The van der Waals surface area contributed by atoms with Crippen LogP contribution in [-0.2, 0) is 4.74 Å². The van der Waals surface area contributed by atoms with Crippen molar-refractivity contribution in [3.8, 4) is 0 Å². The summed E-state index contributed by atoms with van der Waals surface area (Å²) in [5.41, 5.74) is 0.487. The largest absolute Gasteiger partial charge is 0.465 e. The van der Waals surface area contributed by atoms with Crippen LogP contribution in [0.3, 0.4) is 0 Å². The number of ether oxygens (including phenoxy) is 1. The predicted octanol–water partition coefficient (Wildman–Crippen LogP) is 4.22. The number of nitrogens with one attached hydrogen (secondary N) is 1. The molecule has 1 amide bonds.